The summed E-state index contributed by atoms with van der Waals surface area (Å²) >= 11 is 0. The highest BCUT2D eigenvalue weighted by molar-refractivity contribution is 5.80. The van der Waals surface area contributed by atoms with Crippen LogP contribution in [-0.4, -0.2) is 19.0 Å². The molecule has 3 nitrogen and oxygen atoms in total. The van der Waals surface area contributed by atoms with Gasteiger partial charge in [-0.3, -0.25) is 4.79 Å². The Morgan fingerprint density at radius 1 is 0.912 bits per heavy atom. The van der Waals surface area contributed by atoms with Crippen molar-refractivity contribution in [3.63, 3.8) is 0 Å². The molecule has 2 unspecified atom stereocenters. The second-order valence-electron chi connectivity index (χ2n) is 8.70. The maximum Gasteiger partial charge on any atom is 0.416 e. The average molecular weight is 490 g/mol. The molecule has 2 aromatic carbocycles. The summed E-state index contributed by atoms with van der Waals surface area (Å²) in [5.41, 5.74) is -3.08. The van der Waals surface area contributed by atoms with Gasteiger partial charge < -0.3 is 10.6 Å². The number of halogens is 7. The maximum absolute atomic E-state index is 13.5. The Hall–Kier alpha value is -2.62. The Morgan fingerprint density at radius 3 is 1.88 bits per heavy atom. The van der Waals surface area contributed by atoms with Crippen LogP contribution in [0.15, 0.2) is 42.5 Å². The summed E-state index contributed by atoms with van der Waals surface area (Å²) < 4.78 is 92.8. The molecule has 1 amide bonds. The van der Waals surface area contributed by atoms with Crippen LogP contribution in [0.4, 0.5) is 30.7 Å². The molecule has 0 aromatic heterocycles. The van der Waals surface area contributed by atoms with Crippen molar-refractivity contribution < 1.29 is 35.5 Å². The SMILES string of the molecule is CC(NC(=O)C(C)C1(c2ccc(F)cc2)CCNCC1)c1cc(C(F)(F)F)cc(C(F)(F)F)c1. The third-order valence-corrected chi connectivity index (χ3v) is 6.61. The average Bonchev–Trinajstić information content (AvgIpc) is 2.78. The minimum absolute atomic E-state index is 0.0548. The lowest BCUT2D eigenvalue weighted by atomic mass is 9.65. The van der Waals surface area contributed by atoms with E-state index in [-0.39, 0.29) is 11.6 Å². The molecule has 1 saturated heterocycles. The summed E-state index contributed by atoms with van der Waals surface area (Å²) in [5, 5.41) is 5.79. The van der Waals surface area contributed by atoms with Crippen LogP contribution in [0.5, 0.6) is 0 Å². The number of amides is 1. The Bertz CT molecular complexity index is 977. The first-order valence-corrected chi connectivity index (χ1v) is 10.8. The van der Waals surface area contributed by atoms with E-state index in [1.807, 2.05) is 0 Å². The van der Waals surface area contributed by atoms with Gasteiger partial charge in [-0.2, -0.15) is 26.3 Å². The minimum atomic E-state index is -4.98. The lowest BCUT2D eigenvalue weighted by Gasteiger charge is -2.42. The van der Waals surface area contributed by atoms with Gasteiger partial charge in [-0.25, -0.2) is 4.39 Å². The largest absolute Gasteiger partial charge is 0.416 e. The first kappa shape index (κ1) is 26.0. The van der Waals surface area contributed by atoms with Crippen molar-refractivity contribution in [2.24, 2.45) is 5.92 Å². The van der Waals surface area contributed by atoms with E-state index in [0.29, 0.717) is 38.1 Å². The molecule has 186 valence electrons. The first-order valence-electron chi connectivity index (χ1n) is 10.8. The van der Waals surface area contributed by atoms with Crippen LogP contribution in [-0.2, 0) is 22.6 Å². The standard InChI is InChI=1S/C24H25F7N2O/c1-14(22(7-9-32-10-8-22)17-3-5-20(25)6-4-17)21(34)33-15(2)16-11-18(23(26,27)28)13-19(12-16)24(29,30)31/h3-6,11-15,32H,7-10H2,1-2H3,(H,33,34). The van der Waals surface area contributed by atoms with Crippen molar-refractivity contribution in [2.75, 3.05) is 13.1 Å². The van der Waals surface area contributed by atoms with Gasteiger partial charge in [-0.05, 0) is 74.3 Å². The number of nitrogens with one attached hydrogen (secondary N) is 2. The third-order valence-electron chi connectivity index (χ3n) is 6.61. The van der Waals surface area contributed by atoms with E-state index in [9.17, 15) is 35.5 Å². The molecule has 0 bridgehead atoms. The van der Waals surface area contributed by atoms with E-state index < -0.39 is 52.6 Å². The van der Waals surface area contributed by atoms with E-state index in [0.717, 1.165) is 5.56 Å². The smallest absolute Gasteiger partial charge is 0.349 e. The third kappa shape index (κ3) is 5.54. The lowest BCUT2D eigenvalue weighted by molar-refractivity contribution is -0.143. The summed E-state index contributed by atoms with van der Waals surface area (Å²) in [5.74, 6) is -1.61. The minimum Gasteiger partial charge on any atom is -0.349 e. The highest BCUT2D eigenvalue weighted by Crippen LogP contribution is 2.41. The van der Waals surface area contributed by atoms with Crippen LogP contribution < -0.4 is 10.6 Å². The van der Waals surface area contributed by atoms with Gasteiger partial charge >= 0.3 is 12.4 Å². The second-order valence-corrected chi connectivity index (χ2v) is 8.70. The van der Waals surface area contributed by atoms with Gasteiger partial charge in [0.2, 0.25) is 5.91 Å². The van der Waals surface area contributed by atoms with Gasteiger partial charge in [-0.1, -0.05) is 19.1 Å². The number of alkyl halides is 6. The molecular formula is C24H25F7N2O. The quantitative estimate of drug-likeness (QED) is 0.505. The fourth-order valence-corrected chi connectivity index (χ4v) is 4.53. The van der Waals surface area contributed by atoms with Crippen molar-refractivity contribution in [2.45, 2.75) is 50.5 Å². The fraction of sp³-hybridized carbons (Fsp3) is 0.458. The molecule has 2 atom stereocenters. The number of hydrogen-bond donors (Lipinski definition) is 2. The van der Waals surface area contributed by atoms with Crippen LogP contribution >= 0.6 is 0 Å². The molecule has 2 aromatic rings. The van der Waals surface area contributed by atoms with Crippen LogP contribution in [0.25, 0.3) is 0 Å². The van der Waals surface area contributed by atoms with Crippen LogP contribution in [0.2, 0.25) is 0 Å². The number of hydrogen-bond acceptors (Lipinski definition) is 2. The first-order chi connectivity index (χ1) is 15.7. The molecule has 0 aliphatic carbocycles. The fourth-order valence-electron chi connectivity index (χ4n) is 4.53. The summed E-state index contributed by atoms with van der Waals surface area (Å²) in [7, 11) is 0. The molecule has 1 aliphatic rings. The zero-order valence-corrected chi connectivity index (χ0v) is 18.6. The van der Waals surface area contributed by atoms with Crippen LogP contribution in [0.3, 0.4) is 0 Å². The molecule has 34 heavy (non-hydrogen) atoms. The number of benzene rings is 2. The highest BCUT2D eigenvalue weighted by Gasteiger charge is 2.43. The van der Waals surface area contributed by atoms with E-state index >= 15 is 0 Å². The molecule has 10 heteroatoms. The zero-order valence-electron chi connectivity index (χ0n) is 18.6. The summed E-state index contributed by atoms with van der Waals surface area (Å²) in [4.78, 5) is 13.2. The van der Waals surface area contributed by atoms with Crippen molar-refractivity contribution in [1.82, 2.24) is 10.6 Å². The normalized spacial score (nSPS) is 18.3. The topological polar surface area (TPSA) is 41.1 Å². The second kappa shape index (κ2) is 9.56. The van der Waals surface area contributed by atoms with Crippen molar-refractivity contribution >= 4 is 5.91 Å². The molecule has 0 saturated carbocycles. The number of rotatable bonds is 5. The van der Waals surface area contributed by atoms with Crippen LogP contribution in [0, 0.1) is 11.7 Å². The molecule has 0 spiro atoms. The Morgan fingerprint density at radius 2 is 1.41 bits per heavy atom. The number of carbonyl (C=O) groups excluding carboxylic acids is 1. The van der Waals surface area contributed by atoms with E-state index in [1.165, 1.54) is 19.1 Å². The Labute approximate surface area is 192 Å². The molecule has 3 rings (SSSR count). The van der Waals surface area contributed by atoms with E-state index in [1.54, 1.807) is 19.1 Å². The lowest BCUT2D eigenvalue weighted by Crippen LogP contribution is -2.49. The highest BCUT2D eigenvalue weighted by atomic mass is 19.4. The van der Waals surface area contributed by atoms with Gasteiger partial charge in [-0.15, -0.1) is 0 Å². The Kier molecular flexibility index (Phi) is 7.31. The summed E-state index contributed by atoms with van der Waals surface area (Å²) in [6.45, 7) is 4.22. The molecule has 2 N–H and O–H groups in total. The van der Waals surface area contributed by atoms with Crippen molar-refractivity contribution in [3.8, 4) is 0 Å². The molecule has 1 fully saturated rings. The van der Waals surface area contributed by atoms with Crippen molar-refractivity contribution in [3.05, 3.63) is 70.5 Å². The van der Waals surface area contributed by atoms with Gasteiger partial charge in [0.15, 0.2) is 0 Å². The molecule has 1 heterocycles. The number of carbonyl (C=O) groups is 1. The Balaban J connectivity index is 1.90. The predicted octanol–water partition coefficient (Wildman–Crippen LogP) is 6.00. The van der Waals surface area contributed by atoms with Gasteiger partial charge in [0, 0.05) is 11.3 Å². The van der Waals surface area contributed by atoms with Gasteiger partial charge in [0.1, 0.15) is 5.82 Å². The number of piperidine rings is 1. The zero-order chi connectivity index (χ0) is 25.3. The molecule has 1 aliphatic heterocycles. The van der Waals surface area contributed by atoms with Gasteiger partial charge in [0.25, 0.3) is 0 Å². The van der Waals surface area contributed by atoms with Crippen molar-refractivity contribution in [1.29, 1.82) is 0 Å². The maximum atomic E-state index is 13.5. The van der Waals surface area contributed by atoms with Crippen LogP contribution in [0.1, 0.15) is 55.0 Å². The monoisotopic (exact) mass is 490 g/mol. The predicted molar refractivity (Wildman–Crippen MR) is 112 cm³/mol. The van der Waals surface area contributed by atoms with Gasteiger partial charge in [0.05, 0.1) is 17.2 Å². The van der Waals surface area contributed by atoms with E-state index in [4.69, 9.17) is 0 Å². The molecular weight excluding hydrogens is 465 g/mol. The summed E-state index contributed by atoms with van der Waals surface area (Å²) in [6, 6.07) is 5.99. The van der Waals surface area contributed by atoms with E-state index in [2.05, 4.69) is 10.6 Å². The molecule has 0 radical (unpaired) electrons. The summed E-state index contributed by atoms with van der Waals surface area (Å²) in [6.07, 6.45) is -8.84.